The summed E-state index contributed by atoms with van der Waals surface area (Å²) in [6, 6.07) is 11.6. The van der Waals surface area contributed by atoms with E-state index in [0.29, 0.717) is 40.5 Å². The minimum Gasteiger partial charge on any atom is -0.493 e. The third kappa shape index (κ3) is 3.94. The van der Waals surface area contributed by atoms with E-state index in [4.69, 9.17) is 14.2 Å². The van der Waals surface area contributed by atoms with Crippen molar-refractivity contribution in [3.05, 3.63) is 70.7 Å². The van der Waals surface area contributed by atoms with Gasteiger partial charge >= 0.3 is 6.18 Å². The fraction of sp³-hybridized carbons (Fsp3) is 0.320. The van der Waals surface area contributed by atoms with E-state index in [1.54, 1.807) is 42.5 Å². The van der Waals surface area contributed by atoms with Crippen molar-refractivity contribution in [1.82, 2.24) is 14.8 Å². The minimum atomic E-state index is -4.73. The number of hydrogen-bond donors (Lipinski definition) is 1. The molecule has 2 aromatic carbocycles. The number of carbonyl (C=O) groups is 1. The van der Waals surface area contributed by atoms with E-state index >= 15 is 0 Å². The SMILES string of the molecule is COc1cc(C2CC(=O)C3=C(C2)Nc2nc(C(F)(F)F)nn2C3c2ccccc2)cc(OC)c1OC. The van der Waals surface area contributed by atoms with Gasteiger partial charge in [-0.3, -0.25) is 4.79 Å². The molecule has 0 amide bonds. The monoisotopic (exact) mass is 500 g/mol. The summed E-state index contributed by atoms with van der Waals surface area (Å²) >= 11 is 0. The van der Waals surface area contributed by atoms with E-state index in [-0.39, 0.29) is 24.1 Å². The van der Waals surface area contributed by atoms with E-state index in [9.17, 15) is 18.0 Å². The van der Waals surface area contributed by atoms with Crippen LogP contribution >= 0.6 is 0 Å². The van der Waals surface area contributed by atoms with E-state index in [1.807, 2.05) is 0 Å². The van der Waals surface area contributed by atoms with Crippen molar-refractivity contribution in [2.75, 3.05) is 26.6 Å². The summed E-state index contributed by atoms with van der Waals surface area (Å²) in [6.07, 6.45) is -4.20. The quantitative estimate of drug-likeness (QED) is 0.542. The van der Waals surface area contributed by atoms with Gasteiger partial charge in [-0.05, 0) is 35.6 Å². The fourth-order valence-corrected chi connectivity index (χ4v) is 4.85. The summed E-state index contributed by atoms with van der Waals surface area (Å²) in [5.41, 5.74) is 2.33. The molecular formula is C25H23F3N4O4. The van der Waals surface area contributed by atoms with Gasteiger partial charge in [0.25, 0.3) is 5.82 Å². The lowest BCUT2D eigenvalue weighted by Crippen LogP contribution is -2.33. The van der Waals surface area contributed by atoms with Gasteiger partial charge in [0, 0.05) is 17.7 Å². The first-order valence-corrected chi connectivity index (χ1v) is 11.2. The van der Waals surface area contributed by atoms with Crippen LogP contribution in [0.25, 0.3) is 0 Å². The molecular weight excluding hydrogens is 477 g/mol. The molecule has 1 aliphatic heterocycles. The maximum atomic E-state index is 13.6. The van der Waals surface area contributed by atoms with Crippen molar-refractivity contribution in [3.63, 3.8) is 0 Å². The standard InChI is InChI=1S/C25H23F3N4O4/c1-34-18-11-15(12-19(35-2)22(18)36-3)14-9-16-20(17(33)10-14)21(13-7-5-4-6-8-13)32-24(29-16)30-23(31-32)25(26,27)28/h4-8,11-12,14,21H,9-10H2,1-3H3,(H,29,30,31). The molecule has 188 valence electrons. The fourth-order valence-electron chi connectivity index (χ4n) is 4.85. The third-order valence-electron chi connectivity index (χ3n) is 6.45. The van der Waals surface area contributed by atoms with Gasteiger partial charge in [-0.2, -0.15) is 18.2 Å². The molecule has 3 aromatic rings. The Morgan fingerprint density at radius 1 is 0.972 bits per heavy atom. The Labute approximate surface area is 204 Å². The molecule has 11 heteroatoms. The van der Waals surface area contributed by atoms with E-state index in [0.717, 1.165) is 10.2 Å². The van der Waals surface area contributed by atoms with E-state index < -0.39 is 18.0 Å². The van der Waals surface area contributed by atoms with Gasteiger partial charge in [0.15, 0.2) is 17.3 Å². The summed E-state index contributed by atoms with van der Waals surface area (Å²) in [7, 11) is 4.51. The molecule has 2 heterocycles. The summed E-state index contributed by atoms with van der Waals surface area (Å²) in [6.45, 7) is 0. The normalized spacial score (nSPS) is 19.3. The van der Waals surface area contributed by atoms with Crippen LogP contribution in [0.3, 0.4) is 0 Å². The van der Waals surface area contributed by atoms with Gasteiger partial charge in [0.1, 0.15) is 6.04 Å². The number of ether oxygens (including phenoxy) is 3. The van der Waals surface area contributed by atoms with Crippen LogP contribution in [0, 0.1) is 0 Å². The average molecular weight is 500 g/mol. The van der Waals surface area contributed by atoms with Gasteiger partial charge in [0.05, 0.1) is 21.3 Å². The number of Topliss-reactive ketones (excluding diaryl/α,β-unsaturated/α-hetero) is 1. The summed E-state index contributed by atoms with van der Waals surface area (Å²) in [4.78, 5) is 17.3. The van der Waals surface area contributed by atoms with Crippen LogP contribution in [0.5, 0.6) is 17.2 Å². The number of alkyl halides is 3. The number of rotatable bonds is 5. The van der Waals surface area contributed by atoms with Crippen LogP contribution in [-0.2, 0) is 11.0 Å². The maximum Gasteiger partial charge on any atom is 0.453 e. The molecule has 0 fully saturated rings. The number of benzene rings is 2. The molecule has 0 saturated heterocycles. The number of allylic oxidation sites excluding steroid dienone is 2. The number of methoxy groups -OCH3 is 3. The first-order valence-electron chi connectivity index (χ1n) is 11.2. The molecule has 0 radical (unpaired) electrons. The molecule has 0 bridgehead atoms. The number of nitrogens with zero attached hydrogens (tertiary/aromatic N) is 3. The first kappa shape index (κ1) is 23.7. The molecule has 2 unspecified atom stereocenters. The predicted molar refractivity (Wildman–Crippen MR) is 123 cm³/mol. The van der Waals surface area contributed by atoms with Crippen LogP contribution in [-0.4, -0.2) is 41.9 Å². The molecule has 5 rings (SSSR count). The zero-order valence-electron chi connectivity index (χ0n) is 19.7. The first-order chi connectivity index (χ1) is 17.2. The van der Waals surface area contributed by atoms with Crippen molar-refractivity contribution in [1.29, 1.82) is 0 Å². The predicted octanol–water partition coefficient (Wildman–Crippen LogP) is 4.74. The molecule has 1 N–H and O–H groups in total. The number of hydrogen-bond acceptors (Lipinski definition) is 7. The third-order valence-corrected chi connectivity index (χ3v) is 6.45. The Morgan fingerprint density at radius 2 is 1.64 bits per heavy atom. The summed E-state index contributed by atoms with van der Waals surface area (Å²) in [5, 5.41) is 6.69. The van der Waals surface area contributed by atoms with E-state index in [2.05, 4.69) is 15.4 Å². The van der Waals surface area contributed by atoms with Crippen LogP contribution < -0.4 is 19.5 Å². The van der Waals surface area contributed by atoms with Crippen molar-refractivity contribution in [2.45, 2.75) is 31.0 Å². The highest BCUT2D eigenvalue weighted by Gasteiger charge is 2.43. The van der Waals surface area contributed by atoms with Crippen LogP contribution in [0.2, 0.25) is 0 Å². The summed E-state index contributed by atoms with van der Waals surface area (Å²) < 4.78 is 57.8. The van der Waals surface area contributed by atoms with Crippen molar-refractivity contribution < 1.29 is 32.2 Å². The Kier molecular flexibility index (Phi) is 5.85. The van der Waals surface area contributed by atoms with E-state index in [1.165, 1.54) is 21.3 Å². The van der Waals surface area contributed by atoms with Crippen LogP contribution in [0.4, 0.5) is 19.1 Å². The topological polar surface area (TPSA) is 87.5 Å². The smallest absolute Gasteiger partial charge is 0.453 e. The molecule has 2 aliphatic rings. The second-order valence-corrected chi connectivity index (χ2v) is 8.52. The molecule has 36 heavy (non-hydrogen) atoms. The second-order valence-electron chi connectivity index (χ2n) is 8.52. The van der Waals surface area contributed by atoms with Crippen LogP contribution in [0.15, 0.2) is 53.7 Å². The highest BCUT2D eigenvalue weighted by atomic mass is 19.4. The second kappa shape index (κ2) is 8.89. The number of nitrogens with one attached hydrogen (secondary N) is 1. The number of fused-ring (bicyclic) bond motifs is 1. The van der Waals surface area contributed by atoms with Gasteiger partial charge in [-0.1, -0.05) is 30.3 Å². The number of aromatic nitrogens is 3. The lowest BCUT2D eigenvalue weighted by molar-refractivity contribution is -0.145. The molecule has 0 spiro atoms. The summed E-state index contributed by atoms with van der Waals surface area (Å²) in [5.74, 6) is -0.456. The lowest BCUT2D eigenvalue weighted by atomic mass is 9.78. The largest absolute Gasteiger partial charge is 0.493 e. The average Bonchev–Trinajstić information content (AvgIpc) is 3.31. The highest BCUT2D eigenvalue weighted by Crippen LogP contribution is 2.47. The van der Waals surface area contributed by atoms with Crippen molar-refractivity contribution in [2.24, 2.45) is 0 Å². The number of carbonyl (C=O) groups excluding carboxylic acids is 1. The Bertz CT molecular complexity index is 1330. The van der Waals surface area contributed by atoms with Gasteiger partial charge in [-0.25, -0.2) is 4.68 Å². The zero-order chi connectivity index (χ0) is 25.6. The zero-order valence-corrected chi connectivity index (χ0v) is 19.7. The molecule has 1 aromatic heterocycles. The highest BCUT2D eigenvalue weighted by molar-refractivity contribution is 6.00. The molecule has 2 atom stereocenters. The number of anilines is 1. The number of ketones is 1. The van der Waals surface area contributed by atoms with Gasteiger partial charge in [-0.15, -0.1) is 5.10 Å². The Balaban J connectivity index is 1.60. The minimum absolute atomic E-state index is 0.0618. The Morgan fingerprint density at radius 3 is 2.22 bits per heavy atom. The molecule has 8 nitrogen and oxygen atoms in total. The van der Waals surface area contributed by atoms with Crippen molar-refractivity contribution in [3.8, 4) is 17.2 Å². The lowest BCUT2D eigenvalue weighted by Gasteiger charge is -2.35. The molecule has 1 aliphatic carbocycles. The number of halogens is 3. The maximum absolute atomic E-state index is 13.6. The van der Waals surface area contributed by atoms with Crippen molar-refractivity contribution >= 4 is 11.7 Å². The van der Waals surface area contributed by atoms with Gasteiger partial charge in [0.2, 0.25) is 11.7 Å². The Hall–Kier alpha value is -4.02. The van der Waals surface area contributed by atoms with Crippen LogP contribution in [0.1, 0.15) is 41.8 Å². The van der Waals surface area contributed by atoms with Gasteiger partial charge < -0.3 is 19.5 Å². The molecule has 0 saturated carbocycles.